The van der Waals surface area contributed by atoms with Crippen LogP contribution in [0.3, 0.4) is 0 Å². The summed E-state index contributed by atoms with van der Waals surface area (Å²) in [7, 11) is 0. The quantitative estimate of drug-likeness (QED) is 0.147. The Labute approximate surface area is 456 Å². The predicted octanol–water partition coefficient (Wildman–Crippen LogP) is 18.2. The standard InChI is InChI=1S/C72H78BN3/c1-67(2,3)47-25-29-51(30-26-47)75(52-31-27-48(28-32-52)68(4,5)6)55-42-57-56-41-53(74(49-21-17-15-18-22-49)50-23-19-16-20-24-50)34-36-62(56)73-63-45-60-61(72(13,14)40-39-71(60,11)12)46-64(63)76(65(44-55)66(57)73)54-33-35-58-59(43-54)70(9,10)38-37-69(58,7)8/h15-36,41-46H,37-40H2,1-14H3. The minimum absolute atomic E-state index is 0.0226. The average Bonchev–Trinajstić information content (AvgIpc) is 3.94. The van der Waals surface area contributed by atoms with Gasteiger partial charge >= 0.3 is 0 Å². The molecule has 4 aliphatic rings. The van der Waals surface area contributed by atoms with E-state index in [9.17, 15) is 0 Å². The van der Waals surface area contributed by atoms with E-state index >= 15 is 0 Å². The fourth-order valence-electron chi connectivity index (χ4n) is 13.5. The first kappa shape index (κ1) is 50.1. The lowest BCUT2D eigenvalue weighted by molar-refractivity contribution is 0.332. The fourth-order valence-corrected chi connectivity index (χ4v) is 13.5. The Morgan fingerprint density at radius 1 is 0.368 bits per heavy atom. The van der Waals surface area contributed by atoms with Crippen molar-refractivity contribution in [2.24, 2.45) is 0 Å². The van der Waals surface area contributed by atoms with Crippen LogP contribution in [0.5, 0.6) is 0 Å². The second-order valence-electron chi connectivity index (χ2n) is 27.6. The zero-order chi connectivity index (χ0) is 53.5. The SMILES string of the molecule is CC(C)(C)c1ccc(N(c2ccc(C(C)(C)C)cc2)c2cc3c4c(c2)N(c2ccc5c(c2)C(C)(C)CCC5(C)C)c2cc5c(cc2B4c2ccc(N(c4ccccc4)c4ccccc4)cc2-3)C(C)(C)CCC5(C)C)cc1. The van der Waals surface area contributed by atoms with Crippen molar-refractivity contribution >= 4 is 74.3 Å². The highest BCUT2D eigenvalue weighted by molar-refractivity contribution is 7.01. The van der Waals surface area contributed by atoms with Crippen LogP contribution in [0.2, 0.25) is 0 Å². The smallest absolute Gasteiger partial charge is 0.248 e. The van der Waals surface area contributed by atoms with Crippen LogP contribution < -0.4 is 31.1 Å². The van der Waals surface area contributed by atoms with Gasteiger partial charge < -0.3 is 14.7 Å². The van der Waals surface area contributed by atoms with E-state index in [0.717, 1.165) is 47.0 Å². The number of fused-ring (bicyclic) bond motifs is 7. The van der Waals surface area contributed by atoms with Crippen molar-refractivity contribution < 1.29 is 0 Å². The van der Waals surface area contributed by atoms with Crippen LogP contribution in [0.4, 0.5) is 51.2 Å². The van der Waals surface area contributed by atoms with Crippen molar-refractivity contribution in [1.29, 1.82) is 0 Å². The van der Waals surface area contributed by atoms with Crippen molar-refractivity contribution in [3.8, 4) is 11.1 Å². The number of rotatable bonds is 7. The highest BCUT2D eigenvalue weighted by Crippen LogP contribution is 2.53. The van der Waals surface area contributed by atoms with Gasteiger partial charge in [-0.05, 0) is 205 Å². The number of hydrogen-bond donors (Lipinski definition) is 0. The summed E-state index contributed by atoms with van der Waals surface area (Å²) in [5.74, 6) is 0. The minimum Gasteiger partial charge on any atom is -0.311 e. The summed E-state index contributed by atoms with van der Waals surface area (Å²) >= 11 is 0. The molecule has 76 heavy (non-hydrogen) atoms. The Morgan fingerprint density at radius 3 is 1.32 bits per heavy atom. The zero-order valence-electron chi connectivity index (χ0n) is 47.9. The van der Waals surface area contributed by atoms with Crippen LogP contribution in [0.25, 0.3) is 11.1 Å². The van der Waals surface area contributed by atoms with Crippen molar-refractivity contribution in [1.82, 2.24) is 0 Å². The van der Waals surface area contributed by atoms with E-state index in [1.54, 1.807) is 0 Å². The minimum atomic E-state index is 0.0226. The Morgan fingerprint density at radius 2 is 0.803 bits per heavy atom. The van der Waals surface area contributed by atoms with Crippen LogP contribution in [0, 0.1) is 0 Å². The molecular weight excluding hydrogens is 918 g/mol. The van der Waals surface area contributed by atoms with Crippen LogP contribution in [-0.2, 0) is 32.5 Å². The number of benzene rings is 8. The third kappa shape index (κ3) is 8.23. The lowest BCUT2D eigenvalue weighted by atomic mass is 9.36. The molecule has 2 heterocycles. The molecule has 0 unspecified atom stereocenters. The molecular formula is C72H78BN3. The topological polar surface area (TPSA) is 9.72 Å². The maximum atomic E-state index is 2.71. The molecule has 0 radical (unpaired) electrons. The van der Waals surface area contributed by atoms with E-state index in [0.29, 0.717) is 0 Å². The Balaban J connectivity index is 1.19. The van der Waals surface area contributed by atoms with Gasteiger partial charge in [0.15, 0.2) is 0 Å². The molecule has 0 bridgehead atoms. The van der Waals surface area contributed by atoms with Gasteiger partial charge in [0, 0.05) is 51.2 Å². The fraction of sp³-hybridized carbons (Fsp3) is 0.333. The summed E-state index contributed by atoms with van der Waals surface area (Å²) in [6.07, 6.45) is 4.67. The van der Waals surface area contributed by atoms with Gasteiger partial charge in [-0.15, -0.1) is 0 Å². The normalized spacial score (nSPS) is 17.2. The Bertz CT molecular complexity index is 3450. The van der Waals surface area contributed by atoms with Gasteiger partial charge in [0.1, 0.15) is 0 Å². The molecule has 3 nitrogen and oxygen atoms in total. The molecule has 0 aromatic heterocycles. The molecule has 8 aromatic rings. The van der Waals surface area contributed by atoms with Crippen LogP contribution in [0.15, 0.2) is 170 Å². The molecule has 0 amide bonds. The van der Waals surface area contributed by atoms with E-state index in [-0.39, 0.29) is 39.2 Å². The first-order valence-corrected chi connectivity index (χ1v) is 28.3. The van der Waals surface area contributed by atoms with E-state index in [2.05, 4.69) is 281 Å². The summed E-state index contributed by atoms with van der Waals surface area (Å²) in [5.41, 5.74) is 26.3. The molecule has 0 saturated carbocycles. The molecule has 0 spiro atoms. The molecule has 2 aliphatic heterocycles. The van der Waals surface area contributed by atoms with Gasteiger partial charge in [-0.3, -0.25) is 0 Å². The monoisotopic (exact) mass is 996 g/mol. The Kier molecular flexibility index (Phi) is 11.4. The van der Waals surface area contributed by atoms with E-state index < -0.39 is 0 Å². The van der Waals surface area contributed by atoms with Crippen molar-refractivity contribution in [3.63, 3.8) is 0 Å². The molecule has 12 rings (SSSR count). The third-order valence-corrected chi connectivity index (χ3v) is 18.5. The summed E-state index contributed by atoms with van der Waals surface area (Å²) in [6.45, 7) is 33.7. The maximum Gasteiger partial charge on any atom is 0.248 e. The van der Waals surface area contributed by atoms with Crippen molar-refractivity contribution in [2.75, 3.05) is 14.7 Å². The third-order valence-electron chi connectivity index (χ3n) is 18.5. The Hall–Kier alpha value is -6.78. The molecule has 0 saturated heterocycles. The van der Waals surface area contributed by atoms with Gasteiger partial charge in [-0.25, -0.2) is 0 Å². The van der Waals surface area contributed by atoms with Crippen LogP contribution in [-0.4, -0.2) is 6.71 Å². The summed E-state index contributed by atoms with van der Waals surface area (Å²) in [4.78, 5) is 7.66. The first-order chi connectivity index (χ1) is 35.9. The van der Waals surface area contributed by atoms with E-state index in [4.69, 9.17) is 0 Å². The predicted molar refractivity (Wildman–Crippen MR) is 329 cm³/mol. The van der Waals surface area contributed by atoms with Crippen molar-refractivity contribution in [3.05, 3.63) is 203 Å². The van der Waals surface area contributed by atoms with Crippen LogP contribution >= 0.6 is 0 Å². The second-order valence-corrected chi connectivity index (χ2v) is 27.6. The highest BCUT2D eigenvalue weighted by Gasteiger charge is 2.47. The van der Waals surface area contributed by atoms with Gasteiger partial charge in [0.05, 0.1) is 0 Å². The largest absolute Gasteiger partial charge is 0.311 e. The zero-order valence-corrected chi connectivity index (χ0v) is 47.9. The maximum absolute atomic E-state index is 2.71. The first-order valence-electron chi connectivity index (χ1n) is 28.3. The molecule has 0 fully saturated rings. The number of anilines is 9. The van der Waals surface area contributed by atoms with Gasteiger partial charge in [0.2, 0.25) is 6.71 Å². The number of hydrogen-bond acceptors (Lipinski definition) is 3. The second kappa shape index (κ2) is 17.4. The number of nitrogens with zero attached hydrogens (tertiary/aromatic N) is 3. The molecule has 0 atom stereocenters. The molecule has 0 N–H and O–H groups in total. The molecule has 4 heteroatoms. The van der Waals surface area contributed by atoms with Gasteiger partial charge in [0.25, 0.3) is 0 Å². The molecule has 2 aliphatic carbocycles. The molecule has 8 aromatic carbocycles. The van der Waals surface area contributed by atoms with Crippen molar-refractivity contribution in [2.45, 2.75) is 155 Å². The molecule has 384 valence electrons. The summed E-state index contributed by atoms with van der Waals surface area (Å²) in [6, 6.07) is 65.9. The average molecular weight is 996 g/mol. The van der Waals surface area contributed by atoms with E-state index in [1.165, 1.54) is 90.8 Å². The highest BCUT2D eigenvalue weighted by atomic mass is 15.2. The van der Waals surface area contributed by atoms with Gasteiger partial charge in [-0.2, -0.15) is 0 Å². The van der Waals surface area contributed by atoms with Gasteiger partial charge in [-0.1, -0.05) is 181 Å². The van der Waals surface area contributed by atoms with E-state index in [1.807, 2.05) is 0 Å². The number of para-hydroxylation sites is 2. The summed E-state index contributed by atoms with van der Waals surface area (Å²) in [5, 5.41) is 0. The van der Waals surface area contributed by atoms with Crippen LogP contribution in [0.1, 0.15) is 156 Å². The lowest BCUT2D eigenvalue weighted by Crippen LogP contribution is -2.55. The lowest BCUT2D eigenvalue weighted by Gasteiger charge is -2.45. The summed E-state index contributed by atoms with van der Waals surface area (Å²) < 4.78 is 0.